The van der Waals surface area contributed by atoms with Crippen molar-refractivity contribution in [2.75, 3.05) is 5.32 Å². The summed E-state index contributed by atoms with van der Waals surface area (Å²) < 4.78 is 0. The highest BCUT2D eigenvalue weighted by atomic mass is 16.3. The molecule has 5 heteroatoms. The van der Waals surface area contributed by atoms with Gasteiger partial charge in [0.05, 0.1) is 12.2 Å². The molecular weight excluding hydrogens is 242 g/mol. The van der Waals surface area contributed by atoms with Crippen LogP contribution < -0.4 is 5.32 Å². The van der Waals surface area contributed by atoms with Gasteiger partial charge >= 0.3 is 0 Å². The van der Waals surface area contributed by atoms with Gasteiger partial charge in [0.25, 0.3) is 5.91 Å². The number of H-pyrrole nitrogens is 1. The third kappa shape index (κ3) is 2.82. The fraction of sp³-hybridized carbons (Fsp3) is 0.286. The van der Waals surface area contributed by atoms with Gasteiger partial charge in [-0.15, -0.1) is 0 Å². The predicted molar refractivity (Wildman–Crippen MR) is 73.0 cm³/mol. The number of anilines is 1. The molecule has 2 aromatic rings. The molecule has 100 valence electrons. The van der Waals surface area contributed by atoms with E-state index in [-0.39, 0.29) is 18.4 Å². The number of amides is 1. The molecule has 2 rings (SSSR count). The summed E-state index contributed by atoms with van der Waals surface area (Å²) in [6, 6.07) is 5.19. The third-order valence-corrected chi connectivity index (χ3v) is 2.89. The molecule has 0 saturated heterocycles. The van der Waals surface area contributed by atoms with Gasteiger partial charge in [0.15, 0.2) is 0 Å². The Bertz CT molecular complexity index is 576. The van der Waals surface area contributed by atoms with Crippen LogP contribution in [0.15, 0.2) is 30.6 Å². The van der Waals surface area contributed by atoms with Crippen LogP contribution in [0.3, 0.4) is 0 Å². The molecule has 0 aliphatic carbocycles. The largest absolute Gasteiger partial charge is 0.392 e. The molecule has 0 aromatic carbocycles. The van der Waals surface area contributed by atoms with Gasteiger partial charge in [-0.3, -0.25) is 4.79 Å². The Morgan fingerprint density at radius 2 is 2.26 bits per heavy atom. The second kappa shape index (κ2) is 5.67. The van der Waals surface area contributed by atoms with Crippen molar-refractivity contribution in [1.82, 2.24) is 9.97 Å². The standard InChI is InChI=1S/C14H17N3O2/c1-9(2)12-11(5-7-15-12)14(19)17-13-10(8-18)4-3-6-16-13/h3-7,9,15,18H,8H2,1-2H3,(H,16,17,19). The number of carbonyl (C=O) groups excluding carboxylic acids is 1. The number of aromatic amines is 1. The number of carbonyl (C=O) groups is 1. The van der Waals surface area contributed by atoms with Crippen molar-refractivity contribution < 1.29 is 9.90 Å². The van der Waals surface area contributed by atoms with Crippen LogP contribution in [0, 0.1) is 0 Å². The molecule has 1 amide bonds. The zero-order valence-corrected chi connectivity index (χ0v) is 11.0. The quantitative estimate of drug-likeness (QED) is 0.788. The minimum Gasteiger partial charge on any atom is -0.392 e. The minimum absolute atomic E-state index is 0.159. The zero-order valence-electron chi connectivity index (χ0n) is 11.0. The highest BCUT2D eigenvalue weighted by Gasteiger charge is 2.16. The van der Waals surface area contributed by atoms with E-state index in [1.165, 1.54) is 0 Å². The summed E-state index contributed by atoms with van der Waals surface area (Å²) in [6.07, 6.45) is 3.32. The Balaban J connectivity index is 2.23. The van der Waals surface area contributed by atoms with Crippen molar-refractivity contribution in [3.63, 3.8) is 0 Å². The molecule has 0 bridgehead atoms. The lowest BCUT2D eigenvalue weighted by molar-refractivity contribution is 0.102. The van der Waals surface area contributed by atoms with E-state index in [4.69, 9.17) is 0 Å². The second-order valence-corrected chi connectivity index (χ2v) is 4.58. The van der Waals surface area contributed by atoms with Crippen molar-refractivity contribution >= 4 is 11.7 Å². The van der Waals surface area contributed by atoms with E-state index in [0.717, 1.165) is 5.69 Å². The Kier molecular flexibility index (Phi) is 3.97. The highest BCUT2D eigenvalue weighted by Crippen LogP contribution is 2.19. The van der Waals surface area contributed by atoms with Gasteiger partial charge in [0.1, 0.15) is 5.82 Å². The van der Waals surface area contributed by atoms with Crippen molar-refractivity contribution in [1.29, 1.82) is 0 Å². The summed E-state index contributed by atoms with van der Waals surface area (Å²) in [5, 5.41) is 11.9. The lowest BCUT2D eigenvalue weighted by atomic mass is 10.1. The third-order valence-electron chi connectivity index (χ3n) is 2.89. The van der Waals surface area contributed by atoms with Crippen LogP contribution in [0.2, 0.25) is 0 Å². The van der Waals surface area contributed by atoms with Gasteiger partial charge in [-0.25, -0.2) is 4.98 Å². The van der Waals surface area contributed by atoms with E-state index >= 15 is 0 Å². The predicted octanol–water partition coefficient (Wildman–Crippen LogP) is 2.28. The van der Waals surface area contributed by atoms with Gasteiger partial charge in [-0.05, 0) is 18.1 Å². The van der Waals surface area contributed by atoms with E-state index in [0.29, 0.717) is 16.9 Å². The van der Waals surface area contributed by atoms with E-state index in [1.54, 1.807) is 30.6 Å². The fourth-order valence-corrected chi connectivity index (χ4v) is 1.91. The van der Waals surface area contributed by atoms with Crippen LogP contribution in [0.1, 0.15) is 41.4 Å². The maximum atomic E-state index is 12.2. The average molecular weight is 259 g/mol. The molecule has 2 heterocycles. The van der Waals surface area contributed by atoms with Crippen LogP contribution in [-0.2, 0) is 6.61 Å². The summed E-state index contributed by atoms with van der Waals surface area (Å²) in [6.45, 7) is 3.87. The van der Waals surface area contributed by atoms with Crippen molar-refractivity contribution in [3.05, 3.63) is 47.4 Å². The molecule has 0 spiro atoms. The molecule has 0 unspecified atom stereocenters. The van der Waals surface area contributed by atoms with Crippen molar-refractivity contribution in [3.8, 4) is 0 Å². The molecule has 0 aliphatic heterocycles. The highest BCUT2D eigenvalue weighted by molar-refractivity contribution is 6.05. The summed E-state index contributed by atoms with van der Waals surface area (Å²) in [5.74, 6) is 0.404. The van der Waals surface area contributed by atoms with Crippen molar-refractivity contribution in [2.24, 2.45) is 0 Å². The topological polar surface area (TPSA) is 78.0 Å². The number of nitrogens with zero attached hydrogens (tertiary/aromatic N) is 1. The SMILES string of the molecule is CC(C)c1[nH]ccc1C(=O)Nc1ncccc1CO. The van der Waals surface area contributed by atoms with Crippen LogP contribution in [-0.4, -0.2) is 21.0 Å². The number of aromatic nitrogens is 2. The van der Waals surface area contributed by atoms with E-state index in [9.17, 15) is 9.90 Å². The van der Waals surface area contributed by atoms with Gasteiger partial charge in [-0.1, -0.05) is 19.9 Å². The molecule has 19 heavy (non-hydrogen) atoms. The van der Waals surface area contributed by atoms with Gasteiger partial charge in [0, 0.05) is 23.7 Å². The molecule has 0 atom stereocenters. The summed E-state index contributed by atoms with van der Waals surface area (Å²) in [5.41, 5.74) is 2.08. The molecule has 0 saturated carbocycles. The molecule has 0 fully saturated rings. The molecule has 2 aromatic heterocycles. The van der Waals surface area contributed by atoms with E-state index in [2.05, 4.69) is 15.3 Å². The normalized spacial score (nSPS) is 10.7. The first-order valence-electron chi connectivity index (χ1n) is 6.17. The van der Waals surface area contributed by atoms with Gasteiger partial charge < -0.3 is 15.4 Å². The second-order valence-electron chi connectivity index (χ2n) is 4.58. The summed E-state index contributed by atoms with van der Waals surface area (Å²) >= 11 is 0. The maximum absolute atomic E-state index is 12.2. The number of hydrogen-bond acceptors (Lipinski definition) is 3. The lowest BCUT2D eigenvalue weighted by Crippen LogP contribution is -2.16. The Hall–Kier alpha value is -2.14. The number of hydrogen-bond donors (Lipinski definition) is 3. The van der Waals surface area contributed by atoms with Crippen LogP contribution in [0.4, 0.5) is 5.82 Å². The Morgan fingerprint density at radius 1 is 1.47 bits per heavy atom. The average Bonchev–Trinajstić information content (AvgIpc) is 2.88. The van der Waals surface area contributed by atoms with Gasteiger partial charge in [-0.2, -0.15) is 0 Å². The molecule has 0 radical (unpaired) electrons. The number of nitrogens with one attached hydrogen (secondary N) is 2. The molecule has 5 nitrogen and oxygen atoms in total. The first-order valence-corrected chi connectivity index (χ1v) is 6.17. The Morgan fingerprint density at radius 3 is 2.95 bits per heavy atom. The summed E-state index contributed by atoms with van der Waals surface area (Å²) in [4.78, 5) is 19.4. The van der Waals surface area contributed by atoms with Crippen LogP contribution in [0.5, 0.6) is 0 Å². The minimum atomic E-state index is -0.224. The van der Waals surface area contributed by atoms with E-state index in [1.807, 2.05) is 13.8 Å². The summed E-state index contributed by atoms with van der Waals surface area (Å²) in [7, 11) is 0. The number of pyridine rings is 1. The number of rotatable bonds is 4. The van der Waals surface area contributed by atoms with Gasteiger partial charge in [0.2, 0.25) is 0 Å². The van der Waals surface area contributed by atoms with Crippen LogP contribution >= 0.6 is 0 Å². The maximum Gasteiger partial charge on any atom is 0.258 e. The van der Waals surface area contributed by atoms with Crippen LogP contribution in [0.25, 0.3) is 0 Å². The molecular formula is C14H17N3O2. The smallest absolute Gasteiger partial charge is 0.258 e. The lowest BCUT2D eigenvalue weighted by Gasteiger charge is -2.10. The molecule has 3 N–H and O–H groups in total. The zero-order chi connectivity index (χ0) is 13.8. The first kappa shape index (κ1) is 13.3. The fourth-order valence-electron chi connectivity index (χ4n) is 1.91. The monoisotopic (exact) mass is 259 g/mol. The van der Waals surface area contributed by atoms with Crippen molar-refractivity contribution in [2.45, 2.75) is 26.4 Å². The van der Waals surface area contributed by atoms with E-state index < -0.39 is 0 Å². The first-order chi connectivity index (χ1) is 9.13. The molecule has 0 aliphatic rings. The Labute approximate surface area is 111 Å². The number of aliphatic hydroxyl groups excluding tert-OH is 1. The number of aliphatic hydroxyl groups is 1.